The van der Waals surface area contributed by atoms with Gasteiger partial charge in [-0.15, -0.1) is 11.3 Å². The summed E-state index contributed by atoms with van der Waals surface area (Å²) < 4.78 is 0. The largest absolute Gasteiger partial charge is 0.347 e. The lowest BCUT2D eigenvalue weighted by Crippen LogP contribution is -2.25. The second kappa shape index (κ2) is 5.18. The minimum absolute atomic E-state index is 0.109. The first kappa shape index (κ1) is 11.2. The summed E-state index contributed by atoms with van der Waals surface area (Å²) in [5.74, 6) is 2.50. The first-order valence-electron chi connectivity index (χ1n) is 5.31. The third-order valence-corrected chi connectivity index (χ3v) is 4.76. The standard InChI is InChI=1S/C10H17N3S2/c1-8(11)9-7-12-10(15-9)13-3-2-5-14-6-4-13/h7-8H,2-6,11H2,1H3. The molecule has 5 heteroatoms. The van der Waals surface area contributed by atoms with Gasteiger partial charge in [0.15, 0.2) is 5.13 Å². The van der Waals surface area contributed by atoms with Gasteiger partial charge in [-0.1, -0.05) is 0 Å². The van der Waals surface area contributed by atoms with Crippen LogP contribution in [-0.2, 0) is 0 Å². The fourth-order valence-corrected chi connectivity index (χ4v) is 3.38. The van der Waals surface area contributed by atoms with Gasteiger partial charge in [-0.25, -0.2) is 4.98 Å². The van der Waals surface area contributed by atoms with Gasteiger partial charge in [-0.3, -0.25) is 0 Å². The molecule has 0 spiro atoms. The number of thioether (sulfide) groups is 1. The van der Waals surface area contributed by atoms with E-state index in [9.17, 15) is 0 Å². The van der Waals surface area contributed by atoms with Gasteiger partial charge in [0.1, 0.15) is 0 Å². The van der Waals surface area contributed by atoms with E-state index in [0.717, 1.165) is 18.2 Å². The van der Waals surface area contributed by atoms with Crippen molar-refractivity contribution < 1.29 is 0 Å². The molecule has 15 heavy (non-hydrogen) atoms. The van der Waals surface area contributed by atoms with E-state index in [2.05, 4.69) is 9.88 Å². The van der Waals surface area contributed by atoms with Crippen molar-refractivity contribution in [3.05, 3.63) is 11.1 Å². The van der Waals surface area contributed by atoms with Gasteiger partial charge < -0.3 is 10.6 Å². The molecule has 1 atom stereocenters. The smallest absolute Gasteiger partial charge is 0.185 e. The highest BCUT2D eigenvalue weighted by Crippen LogP contribution is 2.27. The third-order valence-electron chi connectivity index (χ3n) is 2.45. The van der Waals surface area contributed by atoms with Crippen molar-refractivity contribution in [2.24, 2.45) is 5.73 Å². The van der Waals surface area contributed by atoms with Crippen LogP contribution in [0.25, 0.3) is 0 Å². The molecule has 2 rings (SSSR count). The van der Waals surface area contributed by atoms with Crippen molar-refractivity contribution in [2.45, 2.75) is 19.4 Å². The zero-order chi connectivity index (χ0) is 10.7. The van der Waals surface area contributed by atoms with E-state index in [1.807, 2.05) is 24.9 Å². The lowest BCUT2D eigenvalue weighted by Gasteiger charge is -2.18. The molecule has 1 fully saturated rings. The average Bonchev–Trinajstić information content (AvgIpc) is 2.55. The van der Waals surface area contributed by atoms with Gasteiger partial charge in [-0.05, 0) is 19.1 Å². The molecule has 0 aliphatic carbocycles. The van der Waals surface area contributed by atoms with Gasteiger partial charge in [0, 0.05) is 36.0 Å². The fraction of sp³-hybridized carbons (Fsp3) is 0.700. The normalized spacial score (nSPS) is 20.0. The van der Waals surface area contributed by atoms with Crippen molar-refractivity contribution in [3.8, 4) is 0 Å². The summed E-state index contributed by atoms with van der Waals surface area (Å²) in [6.07, 6.45) is 3.18. The SMILES string of the molecule is CC(N)c1cnc(N2CCCSCC2)s1. The lowest BCUT2D eigenvalue weighted by atomic mass is 10.3. The summed E-state index contributed by atoms with van der Waals surface area (Å²) in [5.41, 5.74) is 5.84. The summed E-state index contributed by atoms with van der Waals surface area (Å²) in [4.78, 5) is 8.03. The maximum atomic E-state index is 5.84. The van der Waals surface area contributed by atoms with E-state index in [-0.39, 0.29) is 6.04 Å². The summed E-state index contributed by atoms with van der Waals surface area (Å²) in [6.45, 7) is 4.27. The molecule has 0 radical (unpaired) electrons. The summed E-state index contributed by atoms with van der Waals surface area (Å²) in [6, 6.07) is 0.109. The first-order valence-corrected chi connectivity index (χ1v) is 7.28. The van der Waals surface area contributed by atoms with Gasteiger partial charge in [0.25, 0.3) is 0 Å². The van der Waals surface area contributed by atoms with Crippen LogP contribution in [0, 0.1) is 0 Å². The van der Waals surface area contributed by atoms with Crippen molar-refractivity contribution in [1.82, 2.24) is 4.98 Å². The molecule has 0 amide bonds. The zero-order valence-corrected chi connectivity index (χ0v) is 10.6. The number of anilines is 1. The Morgan fingerprint density at radius 2 is 2.33 bits per heavy atom. The van der Waals surface area contributed by atoms with Crippen LogP contribution < -0.4 is 10.6 Å². The molecule has 3 nitrogen and oxygen atoms in total. The van der Waals surface area contributed by atoms with E-state index in [0.29, 0.717) is 0 Å². The van der Waals surface area contributed by atoms with Crippen LogP contribution in [0.5, 0.6) is 0 Å². The van der Waals surface area contributed by atoms with E-state index in [1.54, 1.807) is 11.3 Å². The molecule has 1 aliphatic rings. The van der Waals surface area contributed by atoms with E-state index in [4.69, 9.17) is 5.73 Å². The number of rotatable bonds is 2. The summed E-state index contributed by atoms with van der Waals surface area (Å²) in [5, 5.41) is 1.14. The molecule has 1 unspecified atom stereocenters. The Hall–Kier alpha value is -0.260. The molecular formula is C10H17N3S2. The van der Waals surface area contributed by atoms with Crippen molar-refractivity contribution in [2.75, 3.05) is 29.5 Å². The predicted molar refractivity (Wildman–Crippen MR) is 68.9 cm³/mol. The molecule has 1 aromatic rings. The number of nitrogens with two attached hydrogens (primary N) is 1. The Morgan fingerprint density at radius 1 is 1.47 bits per heavy atom. The Morgan fingerprint density at radius 3 is 3.07 bits per heavy atom. The molecule has 0 bridgehead atoms. The molecule has 0 saturated carbocycles. The van der Waals surface area contributed by atoms with E-state index >= 15 is 0 Å². The third kappa shape index (κ3) is 2.86. The Balaban J connectivity index is 2.06. The van der Waals surface area contributed by atoms with Crippen LogP contribution in [0.3, 0.4) is 0 Å². The van der Waals surface area contributed by atoms with Gasteiger partial charge in [-0.2, -0.15) is 11.8 Å². The van der Waals surface area contributed by atoms with Crippen LogP contribution in [0.15, 0.2) is 6.20 Å². The highest BCUT2D eigenvalue weighted by atomic mass is 32.2. The molecule has 0 aromatic carbocycles. The molecule has 2 N–H and O–H groups in total. The highest BCUT2D eigenvalue weighted by molar-refractivity contribution is 7.99. The number of nitrogens with zero attached hydrogens (tertiary/aromatic N) is 2. The Bertz CT molecular complexity index is 303. The van der Waals surface area contributed by atoms with Crippen LogP contribution in [-0.4, -0.2) is 29.6 Å². The first-order chi connectivity index (χ1) is 7.27. The minimum Gasteiger partial charge on any atom is -0.347 e. The highest BCUT2D eigenvalue weighted by Gasteiger charge is 2.14. The molecule has 2 heterocycles. The summed E-state index contributed by atoms with van der Waals surface area (Å²) >= 11 is 3.78. The van der Waals surface area contributed by atoms with Crippen molar-refractivity contribution in [1.29, 1.82) is 0 Å². The van der Waals surface area contributed by atoms with Crippen LogP contribution in [0.4, 0.5) is 5.13 Å². The predicted octanol–water partition coefficient (Wildman–Crippen LogP) is 2.11. The molecular weight excluding hydrogens is 226 g/mol. The molecule has 1 aromatic heterocycles. The van der Waals surface area contributed by atoms with Crippen LogP contribution >= 0.6 is 23.1 Å². The van der Waals surface area contributed by atoms with Gasteiger partial charge in [0.05, 0.1) is 0 Å². The second-order valence-corrected chi connectivity index (χ2v) is 6.05. The second-order valence-electron chi connectivity index (χ2n) is 3.79. The van der Waals surface area contributed by atoms with Crippen molar-refractivity contribution >= 4 is 28.2 Å². The maximum absolute atomic E-state index is 5.84. The van der Waals surface area contributed by atoms with Crippen molar-refractivity contribution in [3.63, 3.8) is 0 Å². The maximum Gasteiger partial charge on any atom is 0.185 e. The van der Waals surface area contributed by atoms with Crippen LogP contribution in [0.2, 0.25) is 0 Å². The van der Waals surface area contributed by atoms with E-state index < -0.39 is 0 Å². The molecule has 84 valence electrons. The zero-order valence-electron chi connectivity index (χ0n) is 8.98. The summed E-state index contributed by atoms with van der Waals surface area (Å²) in [7, 11) is 0. The lowest BCUT2D eigenvalue weighted by molar-refractivity contribution is 0.811. The number of hydrogen-bond acceptors (Lipinski definition) is 5. The number of thiazole rings is 1. The quantitative estimate of drug-likeness (QED) is 0.864. The monoisotopic (exact) mass is 243 g/mol. The molecule has 1 saturated heterocycles. The minimum atomic E-state index is 0.109. The molecule has 1 aliphatic heterocycles. The Kier molecular flexibility index (Phi) is 3.88. The number of hydrogen-bond donors (Lipinski definition) is 1. The van der Waals surface area contributed by atoms with E-state index in [1.165, 1.54) is 22.8 Å². The van der Waals surface area contributed by atoms with Crippen LogP contribution in [0.1, 0.15) is 24.3 Å². The topological polar surface area (TPSA) is 42.1 Å². The van der Waals surface area contributed by atoms with Gasteiger partial charge in [0.2, 0.25) is 0 Å². The fourth-order valence-electron chi connectivity index (χ4n) is 1.57. The van der Waals surface area contributed by atoms with Gasteiger partial charge >= 0.3 is 0 Å². The number of aromatic nitrogens is 1. The Labute approximate surface area is 99.1 Å². The average molecular weight is 243 g/mol.